The number of allylic oxidation sites excluding steroid dienone is 14. The van der Waals surface area contributed by atoms with Crippen LogP contribution in [-0.2, 0) is 28.6 Å². The number of carbonyl (C=O) groups is 3. The maximum atomic E-state index is 12.7. The average molecular weight is 793 g/mol. The maximum Gasteiger partial charge on any atom is 0.306 e. The second-order valence-corrected chi connectivity index (χ2v) is 14.9. The summed E-state index contributed by atoms with van der Waals surface area (Å²) in [5.74, 6) is -0.990. The minimum atomic E-state index is -0.803. The molecule has 0 aliphatic carbocycles. The number of hydrogen-bond donors (Lipinski definition) is 0. The van der Waals surface area contributed by atoms with E-state index in [1.165, 1.54) is 51.4 Å². The van der Waals surface area contributed by atoms with E-state index in [0.717, 1.165) is 103 Å². The van der Waals surface area contributed by atoms with Crippen LogP contribution in [0.15, 0.2) is 85.1 Å². The van der Waals surface area contributed by atoms with Crippen molar-refractivity contribution in [2.24, 2.45) is 0 Å². The lowest BCUT2D eigenvalue weighted by atomic mass is 10.1. The van der Waals surface area contributed by atoms with E-state index in [2.05, 4.69) is 106 Å². The molecule has 0 aromatic carbocycles. The first-order chi connectivity index (χ1) is 28.0. The molecule has 0 aliphatic heterocycles. The van der Waals surface area contributed by atoms with Gasteiger partial charge in [-0.2, -0.15) is 0 Å². The van der Waals surface area contributed by atoms with Crippen LogP contribution in [0.1, 0.15) is 201 Å². The molecule has 0 rings (SSSR count). The SMILES string of the molecule is CC/C=C\C/C=C\C/C=C\C/C=C\C/C=C\CCCCCC(=O)OCC(COC(=O)CCC/C=C\CCCCCC)OC(=O)CCCCCCC/C=C\CCCC. The van der Waals surface area contributed by atoms with Gasteiger partial charge in [-0.25, -0.2) is 0 Å². The van der Waals surface area contributed by atoms with Crippen molar-refractivity contribution in [2.75, 3.05) is 13.2 Å². The summed E-state index contributed by atoms with van der Waals surface area (Å²) in [6, 6.07) is 0. The molecular weight excluding hydrogens is 709 g/mol. The molecule has 57 heavy (non-hydrogen) atoms. The molecule has 0 aromatic heterocycles. The first-order valence-electron chi connectivity index (χ1n) is 23.1. The average Bonchev–Trinajstić information content (AvgIpc) is 3.21. The van der Waals surface area contributed by atoms with E-state index in [9.17, 15) is 14.4 Å². The molecule has 0 amide bonds. The molecule has 0 N–H and O–H groups in total. The van der Waals surface area contributed by atoms with Crippen LogP contribution in [-0.4, -0.2) is 37.2 Å². The van der Waals surface area contributed by atoms with Crippen molar-refractivity contribution in [1.82, 2.24) is 0 Å². The third kappa shape index (κ3) is 43.6. The highest BCUT2D eigenvalue weighted by molar-refractivity contribution is 5.71. The molecule has 0 heterocycles. The van der Waals surface area contributed by atoms with E-state index in [1.54, 1.807) is 0 Å². The van der Waals surface area contributed by atoms with E-state index >= 15 is 0 Å². The van der Waals surface area contributed by atoms with Gasteiger partial charge in [-0.1, -0.05) is 164 Å². The number of esters is 3. The van der Waals surface area contributed by atoms with Crippen LogP contribution in [0.2, 0.25) is 0 Å². The Balaban J connectivity index is 4.43. The molecule has 1 atom stereocenters. The van der Waals surface area contributed by atoms with Crippen molar-refractivity contribution < 1.29 is 28.6 Å². The molecule has 6 heteroatoms. The lowest BCUT2D eigenvalue weighted by Gasteiger charge is -2.18. The first kappa shape index (κ1) is 53.6. The van der Waals surface area contributed by atoms with Gasteiger partial charge in [0.1, 0.15) is 13.2 Å². The van der Waals surface area contributed by atoms with Crippen LogP contribution < -0.4 is 0 Å². The van der Waals surface area contributed by atoms with E-state index in [0.29, 0.717) is 25.7 Å². The lowest BCUT2D eigenvalue weighted by molar-refractivity contribution is -0.167. The number of carbonyl (C=O) groups excluding carboxylic acids is 3. The Morgan fingerprint density at radius 1 is 0.368 bits per heavy atom. The van der Waals surface area contributed by atoms with Crippen LogP contribution in [0.25, 0.3) is 0 Å². The highest BCUT2D eigenvalue weighted by Gasteiger charge is 2.19. The molecule has 0 aromatic rings. The summed E-state index contributed by atoms with van der Waals surface area (Å²) in [5.41, 5.74) is 0. The van der Waals surface area contributed by atoms with Crippen LogP contribution >= 0.6 is 0 Å². The van der Waals surface area contributed by atoms with Crippen molar-refractivity contribution >= 4 is 17.9 Å². The maximum absolute atomic E-state index is 12.7. The van der Waals surface area contributed by atoms with Crippen LogP contribution in [0.3, 0.4) is 0 Å². The summed E-state index contributed by atoms with van der Waals surface area (Å²) in [6.07, 6.45) is 57.2. The number of ether oxygens (including phenoxy) is 3. The van der Waals surface area contributed by atoms with Gasteiger partial charge in [0.2, 0.25) is 0 Å². The molecule has 6 nitrogen and oxygen atoms in total. The molecule has 0 saturated heterocycles. The normalized spacial score (nSPS) is 12.8. The van der Waals surface area contributed by atoms with Crippen molar-refractivity contribution in [3.63, 3.8) is 0 Å². The highest BCUT2D eigenvalue weighted by atomic mass is 16.6. The fraction of sp³-hybridized carbons (Fsp3) is 0.667. The predicted octanol–water partition coefficient (Wildman–Crippen LogP) is 14.9. The van der Waals surface area contributed by atoms with Crippen molar-refractivity contribution in [1.29, 1.82) is 0 Å². The molecule has 0 spiro atoms. The van der Waals surface area contributed by atoms with Crippen LogP contribution in [0.5, 0.6) is 0 Å². The molecule has 0 aliphatic rings. The summed E-state index contributed by atoms with van der Waals surface area (Å²) in [5, 5.41) is 0. The van der Waals surface area contributed by atoms with E-state index in [4.69, 9.17) is 14.2 Å². The summed E-state index contributed by atoms with van der Waals surface area (Å²) in [7, 11) is 0. The Labute approximate surface area is 350 Å². The summed E-state index contributed by atoms with van der Waals surface area (Å²) in [4.78, 5) is 37.7. The quantitative estimate of drug-likeness (QED) is 0.0266. The molecule has 0 saturated carbocycles. The van der Waals surface area contributed by atoms with Gasteiger partial charge in [-0.15, -0.1) is 0 Å². The molecule has 324 valence electrons. The van der Waals surface area contributed by atoms with Gasteiger partial charge in [-0.05, 0) is 103 Å². The number of rotatable bonds is 40. The van der Waals surface area contributed by atoms with Gasteiger partial charge in [-0.3, -0.25) is 14.4 Å². The van der Waals surface area contributed by atoms with E-state index in [-0.39, 0.29) is 31.1 Å². The third-order valence-electron chi connectivity index (χ3n) is 9.35. The Hall–Kier alpha value is -3.41. The molecule has 0 fully saturated rings. The van der Waals surface area contributed by atoms with Gasteiger partial charge in [0.05, 0.1) is 0 Å². The van der Waals surface area contributed by atoms with E-state index < -0.39 is 6.10 Å². The van der Waals surface area contributed by atoms with Crippen LogP contribution in [0.4, 0.5) is 0 Å². The second kappa shape index (κ2) is 45.3. The summed E-state index contributed by atoms with van der Waals surface area (Å²) in [6.45, 7) is 6.36. The van der Waals surface area contributed by atoms with Gasteiger partial charge < -0.3 is 14.2 Å². The monoisotopic (exact) mass is 793 g/mol. The fourth-order valence-corrected chi connectivity index (χ4v) is 5.86. The van der Waals surface area contributed by atoms with Gasteiger partial charge >= 0.3 is 17.9 Å². The van der Waals surface area contributed by atoms with Crippen molar-refractivity contribution in [2.45, 2.75) is 207 Å². The molecule has 0 radical (unpaired) electrons. The van der Waals surface area contributed by atoms with Gasteiger partial charge in [0, 0.05) is 19.3 Å². The largest absolute Gasteiger partial charge is 0.462 e. The minimum Gasteiger partial charge on any atom is -0.462 e. The first-order valence-corrected chi connectivity index (χ1v) is 23.1. The van der Waals surface area contributed by atoms with Crippen molar-refractivity contribution in [3.8, 4) is 0 Å². The standard InChI is InChI=1S/C51H84O6/c1-4-7-10-13-16-19-21-22-23-24-25-26-27-28-30-32-35-38-41-44-50(53)56-47-48(46-55-49(52)43-40-37-34-31-18-15-12-9-6-3)57-51(54)45-42-39-36-33-29-20-17-14-11-8-5-2/h7,10,14,16-17,19,22-23,25-26,28,30-31,34,48H,4-6,8-9,11-13,15,18,20-21,24,27,29,32-33,35-47H2,1-3H3/b10-7-,17-14-,19-16-,23-22-,26-25-,30-28-,34-31-. The predicted molar refractivity (Wildman–Crippen MR) is 242 cm³/mol. The molecular formula is C51H84O6. The number of hydrogen-bond acceptors (Lipinski definition) is 6. The summed E-state index contributed by atoms with van der Waals surface area (Å²) < 4.78 is 16.6. The topological polar surface area (TPSA) is 78.9 Å². The fourth-order valence-electron chi connectivity index (χ4n) is 5.86. The smallest absolute Gasteiger partial charge is 0.306 e. The Kier molecular flexibility index (Phi) is 42.6. The number of unbranched alkanes of at least 4 members (excludes halogenated alkanes) is 15. The molecule has 1 unspecified atom stereocenters. The molecule has 0 bridgehead atoms. The highest BCUT2D eigenvalue weighted by Crippen LogP contribution is 2.12. The minimum absolute atomic E-state index is 0.107. The second-order valence-electron chi connectivity index (χ2n) is 14.9. The van der Waals surface area contributed by atoms with Gasteiger partial charge in [0.15, 0.2) is 6.10 Å². The lowest BCUT2D eigenvalue weighted by Crippen LogP contribution is -2.30. The zero-order valence-electron chi connectivity index (χ0n) is 36.8. The van der Waals surface area contributed by atoms with Gasteiger partial charge in [0.25, 0.3) is 0 Å². The zero-order valence-corrected chi connectivity index (χ0v) is 36.8. The Morgan fingerprint density at radius 2 is 0.719 bits per heavy atom. The van der Waals surface area contributed by atoms with Crippen molar-refractivity contribution in [3.05, 3.63) is 85.1 Å². The Bertz CT molecular complexity index is 1140. The van der Waals surface area contributed by atoms with Crippen LogP contribution in [0, 0.1) is 0 Å². The Morgan fingerprint density at radius 3 is 1.23 bits per heavy atom. The third-order valence-corrected chi connectivity index (χ3v) is 9.35. The zero-order chi connectivity index (χ0) is 41.5. The van der Waals surface area contributed by atoms with E-state index in [1.807, 2.05) is 0 Å². The summed E-state index contributed by atoms with van der Waals surface area (Å²) >= 11 is 0.